The molecule has 0 unspecified atom stereocenters. The van der Waals surface area contributed by atoms with Crippen LogP contribution in [0.3, 0.4) is 0 Å². The average Bonchev–Trinajstić information content (AvgIpc) is 3.28. The van der Waals surface area contributed by atoms with Crippen LogP contribution in [0.4, 0.5) is 10.5 Å². The van der Waals surface area contributed by atoms with E-state index in [1.807, 2.05) is 35.3 Å². The predicted octanol–water partition coefficient (Wildman–Crippen LogP) is 3.18. The van der Waals surface area contributed by atoms with Gasteiger partial charge in [-0.2, -0.15) is 5.10 Å². The van der Waals surface area contributed by atoms with Gasteiger partial charge in [0, 0.05) is 24.2 Å². The maximum absolute atomic E-state index is 12.4. The molecule has 1 aliphatic rings. The van der Waals surface area contributed by atoms with Gasteiger partial charge in [0.15, 0.2) is 0 Å². The van der Waals surface area contributed by atoms with Gasteiger partial charge in [-0.05, 0) is 31.2 Å². The van der Waals surface area contributed by atoms with E-state index in [0.29, 0.717) is 13.1 Å². The van der Waals surface area contributed by atoms with Crippen molar-refractivity contribution in [2.75, 3.05) is 18.5 Å². The summed E-state index contributed by atoms with van der Waals surface area (Å²) in [6.45, 7) is 4.85. The van der Waals surface area contributed by atoms with E-state index in [2.05, 4.69) is 10.4 Å². The van der Waals surface area contributed by atoms with Crippen LogP contribution < -0.4 is 5.32 Å². The van der Waals surface area contributed by atoms with Crippen LogP contribution in [0, 0.1) is 0 Å². The summed E-state index contributed by atoms with van der Waals surface area (Å²) in [7, 11) is 0. The molecular formula is C16H22N4O2S. The summed E-state index contributed by atoms with van der Waals surface area (Å²) in [5, 5.41) is 9.24. The van der Waals surface area contributed by atoms with Crippen molar-refractivity contribution in [3.8, 4) is 0 Å². The fourth-order valence-corrected chi connectivity index (χ4v) is 3.36. The van der Waals surface area contributed by atoms with Crippen molar-refractivity contribution in [1.82, 2.24) is 14.7 Å². The van der Waals surface area contributed by atoms with Gasteiger partial charge in [-0.15, -0.1) is 11.3 Å². The third-order valence-corrected chi connectivity index (χ3v) is 4.76. The second-order valence-electron chi connectivity index (χ2n) is 5.61. The third kappa shape index (κ3) is 4.33. The summed E-state index contributed by atoms with van der Waals surface area (Å²) in [4.78, 5) is 15.3. The summed E-state index contributed by atoms with van der Waals surface area (Å²) in [6.07, 6.45) is 5.98. The zero-order valence-corrected chi connectivity index (χ0v) is 14.1. The minimum Gasteiger partial charge on any atom is -0.376 e. The van der Waals surface area contributed by atoms with Crippen LogP contribution >= 0.6 is 11.3 Å². The molecule has 1 saturated heterocycles. The lowest BCUT2D eigenvalue weighted by atomic mass is 10.2. The molecule has 0 aliphatic carbocycles. The molecule has 1 fully saturated rings. The predicted molar refractivity (Wildman–Crippen MR) is 90.6 cm³/mol. The lowest BCUT2D eigenvalue weighted by Crippen LogP contribution is -2.33. The second-order valence-corrected chi connectivity index (χ2v) is 6.64. The number of rotatable bonds is 6. The quantitative estimate of drug-likeness (QED) is 0.882. The van der Waals surface area contributed by atoms with E-state index in [1.54, 1.807) is 22.4 Å². The molecule has 0 radical (unpaired) electrons. The molecule has 1 N–H and O–H groups in total. The van der Waals surface area contributed by atoms with Crippen LogP contribution in [-0.2, 0) is 17.8 Å². The molecule has 2 amide bonds. The van der Waals surface area contributed by atoms with Crippen LogP contribution in [0.2, 0.25) is 0 Å². The number of anilines is 1. The highest BCUT2D eigenvalue weighted by molar-refractivity contribution is 7.09. The Morgan fingerprint density at radius 3 is 3.22 bits per heavy atom. The SMILES string of the molecule is CCN(Cc1cccs1)C(=O)Nc1cnn(C[C@@H]2CCCO2)c1. The Balaban J connectivity index is 1.54. The van der Waals surface area contributed by atoms with E-state index >= 15 is 0 Å². The highest BCUT2D eigenvalue weighted by Crippen LogP contribution is 2.16. The van der Waals surface area contributed by atoms with Crippen molar-refractivity contribution in [3.05, 3.63) is 34.8 Å². The van der Waals surface area contributed by atoms with Gasteiger partial charge in [0.25, 0.3) is 0 Å². The summed E-state index contributed by atoms with van der Waals surface area (Å²) in [5.41, 5.74) is 0.720. The molecule has 0 spiro atoms. The number of ether oxygens (including phenoxy) is 1. The Labute approximate surface area is 140 Å². The fourth-order valence-electron chi connectivity index (χ4n) is 2.65. The van der Waals surface area contributed by atoms with Crippen molar-refractivity contribution < 1.29 is 9.53 Å². The van der Waals surface area contributed by atoms with Crippen LogP contribution in [0.15, 0.2) is 29.9 Å². The average molecular weight is 334 g/mol. The van der Waals surface area contributed by atoms with Gasteiger partial charge in [-0.25, -0.2) is 4.79 Å². The number of nitrogens with zero attached hydrogens (tertiary/aromatic N) is 3. The van der Waals surface area contributed by atoms with Crippen LogP contribution in [0.25, 0.3) is 0 Å². The molecular weight excluding hydrogens is 312 g/mol. The maximum Gasteiger partial charge on any atom is 0.322 e. The summed E-state index contributed by atoms with van der Waals surface area (Å²) >= 11 is 1.66. The molecule has 23 heavy (non-hydrogen) atoms. The molecule has 6 nitrogen and oxygen atoms in total. The number of carbonyl (C=O) groups excluding carboxylic acids is 1. The van der Waals surface area contributed by atoms with E-state index in [9.17, 15) is 4.79 Å². The van der Waals surface area contributed by atoms with Crippen molar-refractivity contribution in [2.24, 2.45) is 0 Å². The first-order valence-electron chi connectivity index (χ1n) is 7.97. The minimum atomic E-state index is -0.0995. The zero-order chi connectivity index (χ0) is 16.1. The summed E-state index contributed by atoms with van der Waals surface area (Å²) in [6, 6.07) is 3.94. The van der Waals surface area contributed by atoms with E-state index in [4.69, 9.17) is 4.74 Å². The van der Waals surface area contributed by atoms with Crippen molar-refractivity contribution in [1.29, 1.82) is 0 Å². The first-order chi connectivity index (χ1) is 11.2. The zero-order valence-electron chi connectivity index (χ0n) is 13.3. The number of thiophene rings is 1. The van der Waals surface area contributed by atoms with E-state index < -0.39 is 0 Å². The molecule has 1 atom stereocenters. The molecule has 0 saturated carbocycles. The summed E-state index contributed by atoms with van der Waals surface area (Å²) < 4.78 is 7.44. The smallest absolute Gasteiger partial charge is 0.322 e. The standard InChI is InChI=1S/C16H22N4O2S/c1-2-19(12-15-6-4-8-23-15)16(21)18-13-9-17-20(10-13)11-14-5-3-7-22-14/h4,6,8-10,14H,2-3,5,7,11-12H2,1H3,(H,18,21)/t14-/m0/s1. The van der Waals surface area contributed by atoms with E-state index in [-0.39, 0.29) is 12.1 Å². The van der Waals surface area contributed by atoms with Crippen molar-refractivity contribution >= 4 is 23.1 Å². The largest absolute Gasteiger partial charge is 0.376 e. The molecule has 0 aromatic carbocycles. The summed E-state index contributed by atoms with van der Waals surface area (Å²) in [5.74, 6) is 0. The van der Waals surface area contributed by atoms with Gasteiger partial charge in [-0.1, -0.05) is 6.07 Å². The number of aromatic nitrogens is 2. The van der Waals surface area contributed by atoms with Crippen LogP contribution in [0.1, 0.15) is 24.6 Å². The lowest BCUT2D eigenvalue weighted by Gasteiger charge is -2.20. The molecule has 7 heteroatoms. The first-order valence-corrected chi connectivity index (χ1v) is 8.85. The van der Waals surface area contributed by atoms with Gasteiger partial charge in [0.05, 0.1) is 31.1 Å². The number of carbonyl (C=O) groups is 1. The van der Waals surface area contributed by atoms with Gasteiger partial charge >= 0.3 is 6.03 Å². The Morgan fingerprint density at radius 2 is 2.52 bits per heavy atom. The van der Waals surface area contributed by atoms with Gasteiger partial charge in [-0.3, -0.25) is 4.68 Å². The molecule has 2 aromatic rings. The lowest BCUT2D eigenvalue weighted by molar-refractivity contribution is 0.0940. The highest BCUT2D eigenvalue weighted by atomic mass is 32.1. The Bertz CT molecular complexity index is 620. The number of urea groups is 1. The second kappa shape index (κ2) is 7.61. The van der Waals surface area contributed by atoms with Gasteiger partial charge < -0.3 is 15.0 Å². The topological polar surface area (TPSA) is 59.4 Å². The fraction of sp³-hybridized carbons (Fsp3) is 0.500. The number of hydrogen-bond acceptors (Lipinski definition) is 4. The number of nitrogens with one attached hydrogen (secondary N) is 1. The number of amides is 2. The Hall–Kier alpha value is -1.86. The molecule has 0 bridgehead atoms. The first kappa shape index (κ1) is 16.0. The Kier molecular flexibility index (Phi) is 5.30. The molecule has 2 aromatic heterocycles. The number of hydrogen-bond donors (Lipinski definition) is 1. The normalized spacial score (nSPS) is 17.3. The van der Waals surface area contributed by atoms with Gasteiger partial charge in [0.2, 0.25) is 0 Å². The van der Waals surface area contributed by atoms with Crippen LogP contribution in [-0.4, -0.2) is 40.0 Å². The molecule has 3 rings (SSSR count). The van der Waals surface area contributed by atoms with Crippen molar-refractivity contribution in [3.63, 3.8) is 0 Å². The minimum absolute atomic E-state index is 0.0995. The monoisotopic (exact) mass is 334 g/mol. The molecule has 1 aliphatic heterocycles. The third-order valence-electron chi connectivity index (χ3n) is 3.89. The molecule has 124 valence electrons. The van der Waals surface area contributed by atoms with Crippen molar-refractivity contribution in [2.45, 2.75) is 39.0 Å². The molecule has 3 heterocycles. The highest BCUT2D eigenvalue weighted by Gasteiger charge is 2.17. The van der Waals surface area contributed by atoms with Gasteiger partial charge in [0.1, 0.15) is 0 Å². The van der Waals surface area contributed by atoms with E-state index in [0.717, 1.165) is 31.7 Å². The van der Waals surface area contributed by atoms with E-state index in [1.165, 1.54) is 4.88 Å². The van der Waals surface area contributed by atoms with Crippen LogP contribution in [0.5, 0.6) is 0 Å². The Morgan fingerprint density at radius 1 is 1.61 bits per heavy atom. The maximum atomic E-state index is 12.4.